The van der Waals surface area contributed by atoms with Crippen LogP contribution >= 0.6 is 0 Å². The van der Waals surface area contributed by atoms with E-state index in [-0.39, 0.29) is 50.2 Å². The van der Waals surface area contributed by atoms with Crippen LogP contribution in [0.4, 0.5) is 16.3 Å². The Morgan fingerprint density at radius 2 is 1.68 bits per heavy atom. The Morgan fingerprint density at radius 3 is 2.38 bits per heavy atom. The number of amides is 7. The Bertz CT molecular complexity index is 2180. The van der Waals surface area contributed by atoms with Gasteiger partial charge in [0, 0.05) is 50.3 Å². The average molecular weight is 878 g/mol. The summed E-state index contributed by atoms with van der Waals surface area (Å²) in [5.41, 5.74) is 1.84. The van der Waals surface area contributed by atoms with Crippen LogP contribution in [-0.4, -0.2) is 155 Å². The first-order chi connectivity index (χ1) is 30.1. The number of aromatic nitrogens is 4. The lowest BCUT2D eigenvalue weighted by Gasteiger charge is -2.42. The van der Waals surface area contributed by atoms with Gasteiger partial charge in [-0.25, -0.2) is 19.7 Å². The lowest BCUT2D eigenvalue weighted by atomic mass is 9.94. The molecule has 3 aromatic rings. The predicted molar refractivity (Wildman–Crippen MR) is 219 cm³/mol. The number of carbonyl (C=O) groups is 7. The summed E-state index contributed by atoms with van der Waals surface area (Å²) in [6.07, 6.45) is -0.662. The molecule has 9 N–H and O–H groups in total. The molecule has 23 heteroatoms. The van der Waals surface area contributed by atoms with E-state index in [2.05, 4.69) is 46.5 Å². The topological polar surface area (TPSA) is 320 Å². The van der Waals surface area contributed by atoms with Gasteiger partial charge in [0.25, 0.3) is 11.8 Å². The molecule has 0 radical (unpaired) electrons. The number of nitrogens with one attached hydrogen (secondary N) is 6. The fraction of sp³-hybridized carbons (Fsp3) is 0.500. The maximum atomic E-state index is 13.1. The Hall–Kier alpha value is -6.56. The van der Waals surface area contributed by atoms with Gasteiger partial charge in [-0.05, 0) is 42.9 Å². The van der Waals surface area contributed by atoms with Crippen LogP contribution in [0.2, 0.25) is 0 Å². The third-order valence-electron chi connectivity index (χ3n) is 10.8. The molecule has 2 fully saturated rings. The number of H-pyrrole nitrogens is 1. The molecule has 0 spiro atoms. The molecule has 63 heavy (non-hydrogen) atoms. The van der Waals surface area contributed by atoms with E-state index in [1.54, 1.807) is 38.1 Å². The van der Waals surface area contributed by atoms with E-state index in [0.717, 1.165) is 17.1 Å². The SMILES string of the molecule is CC(C)[C@H](NC(=O)CCN1C(=O)C=CC1=O)C(=O)N[C@@H](C)C(=O)Nc1ccc(COC(=O)N2CC[C@@H](CC(=O)N[C@@H]3[C@@H](O)[C@H](O)[C@@H](Nc4ncnc5nc[nH]c45)O[C@H]3CO)C2)cc1. The third kappa shape index (κ3) is 11.5. The quantitative estimate of drug-likeness (QED) is 0.0707. The van der Waals surface area contributed by atoms with Crippen molar-refractivity contribution in [1.82, 2.24) is 45.7 Å². The van der Waals surface area contributed by atoms with Crippen molar-refractivity contribution in [3.8, 4) is 0 Å². The largest absolute Gasteiger partial charge is 0.445 e. The van der Waals surface area contributed by atoms with Gasteiger partial charge in [-0.2, -0.15) is 0 Å². The molecule has 23 nitrogen and oxygen atoms in total. The Labute approximate surface area is 360 Å². The highest BCUT2D eigenvalue weighted by Gasteiger charge is 2.45. The number of rotatable bonds is 17. The van der Waals surface area contributed by atoms with Gasteiger partial charge >= 0.3 is 6.09 Å². The van der Waals surface area contributed by atoms with Gasteiger partial charge in [0.15, 0.2) is 17.7 Å². The van der Waals surface area contributed by atoms with Gasteiger partial charge in [-0.1, -0.05) is 26.0 Å². The van der Waals surface area contributed by atoms with Crippen LogP contribution in [0, 0.1) is 11.8 Å². The number of carbonyl (C=O) groups excluding carboxylic acids is 7. The second kappa shape index (κ2) is 20.5. The van der Waals surface area contributed by atoms with Crippen molar-refractivity contribution in [3.05, 3.63) is 54.6 Å². The van der Waals surface area contributed by atoms with Crippen LogP contribution in [0.5, 0.6) is 0 Å². The fourth-order valence-electron chi connectivity index (χ4n) is 7.29. The van der Waals surface area contributed by atoms with Crippen molar-refractivity contribution in [1.29, 1.82) is 0 Å². The molecule has 0 unspecified atom stereocenters. The van der Waals surface area contributed by atoms with Crippen LogP contribution in [0.15, 0.2) is 49.1 Å². The van der Waals surface area contributed by atoms with Gasteiger partial charge in [-0.15, -0.1) is 0 Å². The number of nitrogens with zero attached hydrogens (tertiary/aromatic N) is 5. The second-order valence-electron chi connectivity index (χ2n) is 15.8. The van der Waals surface area contributed by atoms with Gasteiger partial charge in [0.1, 0.15) is 48.8 Å². The number of imide groups is 1. The molecule has 0 saturated carbocycles. The van der Waals surface area contributed by atoms with Crippen molar-refractivity contribution in [2.75, 3.05) is 36.9 Å². The zero-order valence-electron chi connectivity index (χ0n) is 34.7. The lowest BCUT2D eigenvalue weighted by molar-refractivity contribution is -0.185. The molecule has 8 atom stereocenters. The summed E-state index contributed by atoms with van der Waals surface area (Å²) in [5, 5.41) is 45.3. The molecule has 338 valence electrons. The van der Waals surface area contributed by atoms with Gasteiger partial charge in [-0.3, -0.25) is 33.7 Å². The van der Waals surface area contributed by atoms with Gasteiger partial charge in [0.05, 0.1) is 19.0 Å². The molecule has 2 aromatic heterocycles. The summed E-state index contributed by atoms with van der Waals surface area (Å²) in [4.78, 5) is 106. The highest BCUT2D eigenvalue weighted by molar-refractivity contribution is 6.13. The molecular formula is C40H51N11O12. The summed E-state index contributed by atoms with van der Waals surface area (Å²) in [6, 6.07) is 3.40. The van der Waals surface area contributed by atoms with Crippen LogP contribution in [0.25, 0.3) is 11.2 Å². The van der Waals surface area contributed by atoms with E-state index in [1.165, 1.54) is 24.5 Å². The number of aliphatic hydroxyl groups is 3. The molecule has 2 saturated heterocycles. The van der Waals surface area contributed by atoms with E-state index in [1.807, 2.05) is 0 Å². The van der Waals surface area contributed by atoms with Crippen LogP contribution in [-0.2, 0) is 44.8 Å². The number of ether oxygens (including phenoxy) is 2. The van der Waals surface area contributed by atoms with E-state index in [9.17, 15) is 48.9 Å². The molecule has 5 heterocycles. The second-order valence-corrected chi connectivity index (χ2v) is 15.8. The first kappa shape index (κ1) is 46.0. The molecule has 1 aromatic carbocycles. The number of imidazole rings is 1. The van der Waals surface area contributed by atoms with Crippen molar-refractivity contribution in [2.24, 2.45) is 11.8 Å². The predicted octanol–water partition coefficient (Wildman–Crippen LogP) is -1.36. The Balaban J connectivity index is 0.896. The Morgan fingerprint density at radius 1 is 0.952 bits per heavy atom. The number of hydrogen-bond donors (Lipinski definition) is 9. The van der Waals surface area contributed by atoms with E-state index >= 15 is 0 Å². The molecule has 7 amide bonds. The van der Waals surface area contributed by atoms with Crippen LogP contribution < -0.4 is 26.6 Å². The van der Waals surface area contributed by atoms with Crippen molar-refractivity contribution >= 4 is 64.2 Å². The van der Waals surface area contributed by atoms with E-state index in [0.29, 0.717) is 35.4 Å². The smallest absolute Gasteiger partial charge is 0.410 e. The highest BCUT2D eigenvalue weighted by Crippen LogP contribution is 2.26. The summed E-state index contributed by atoms with van der Waals surface area (Å²) >= 11 is 0. The number of anilines is 2. The zero-order chi connectivity index (χ0) is 45.4. The fourth-order valence-corrected chi connectivity index (χ4v) is 7.29. The van der Waals surface area contributed by atoms with Crippen LogP contribution in [0.1, 0.15) is 45.6 Å². The maximum Gasteiger partial charge on any atom is 0.410 e. The minimum Gasteiger partial charge on any atom is -0.445 e. The average Bonchev–Trinajstić information content (AvgIpc) is 4.02. The molecule has 6 rings (SSSR count). The summed E-state index contributed by atoms with van der Waals surface area (Å²) < 4.78 is 11.3. The van der Waals surface area contributed by atoms with E-state index in [4.69, 9.17) is 9.47 Å². The minimum atomic E-state index is -1.52. The first-order valence-corrected chi connectivity index (χ1v) is 20.4. The maximum absolute atomic E-state index is 13.1. The molecule has 3 aliphatic heterocycles. The number of hydrogen-bond acceptors (Lipinski definition) is 16. The standard InChI is InChI=1S/C40H51N11O12/c1-20(2)30(47-26(53)11-13-51-28(55)8-9-29(51)56)38(60)45-21(3)37(59)46-24-6-4-22(5-7-24)17-62-40(61)50-12-10-23(15-50)14-27(54)48-31-25(16-52)63-39(34(58)33(31)57)49-36-32-35(42-18-41-32)43-19-44-36/h4-9,18-21,23,25,30-31,33-34,39,52,57-58H,10-17H2,1-3H3,(H,45,60)(H,46,59)(H,47,53)(H,48,54)(H2,41,42,43,44,49)/t21-,23-,25-,30-,31-,33+,34-,39-/m0/s1. The summed E-state index contributed by atoms with van der Waals surface area (Å²) in [5.74, 6) is -3.48. The van der Waals surface area contributed by atoms with Gasteiger partial charge in [0.2, 0.25) is 23.6 Å². The number of fused-ring (bicyclic) bond motifs is 1. The normalized spacial score (nSPS) is 23.1. The summed E-state index contributed by atoms with van der Waals surface area (Å²) in [7, 11) is 0. The zero-order valence-corrected chi connectivity index (χ0v) is 34.7. The highest BCUT2D eigenvalue weighted by atomic mass is 16.6. The molecule has 0 aliphatic carbocycles. The third-order valence-corrected chi connectivity index (χ3v) is 10.8. The Kier molecular flexibility index (Phi) is 15.0. The number of aliphatic hydroxyl groups excluding tert-OH is 3. The number of likely N-dealkylation sites (tertiary alicyclic amines) is 1. The first-order valence-electron chi connectivity index (χ1n) is 20.4. The van der Waals surface area contributed by atoms with Crippen molar-refractivity contribution < 1.29 is 58.4 Å². The van der Waals surface area contributed by atoms with Crippen molar-refractivity contribution in [2.45, 2.75) is 89.3 Å². The minimum absolute atomic E-state index is 0.00264. The van der Waals surface area contributed by atoms with Crippen LogP contribution in [0.3, 0.4) is 0 Å². The summed E-state index contributed by atoms with van der Waals surface area (Å²) in [6.45, 7) is 4.71. The van der Waals surface area contributed by atoms with Gasteiger partial charge < -0.3 is 61.3 Å². The number of benzene rings is 1. The number of aromatic amines is 1. The monoisotopic (exact) mass is 877 g/mol. The molecule has 3 aliphatic rings. The molecular weight excluding hydrogens is 827 g/mol. The van der Waals surface area contributed by atoms with Crippen molar-refractivity contribution in [3.63, 3.8) is 0 Å². The molecule has 0 bridgehead atoms. The van der Waals surface area contributed by atoms with E-state index < -0.39 is 90.8 Å². The lowest BCUT2D eigenvalue weighted by Crippen LogP contribution is -2.65.